The van der Waals surface area contributed by atoms with Gasteiger partial charge in [-0.15, -0.1) is 0 Å². The zero-order chi connectivity index (χ0) is 17.0. The molecule has 23 heavy (non-hydrogen) atoms. The van der Waals surface area contributed by atoms with E-state index >= 15 is 0 Å². The average Bonchev–Trinajstić information content (AvgIpc) is 2.52. The first-order chi connectivity index (χ1) is 10.9. The summed E-state index contributed by atoms with van der Waals surface area (Å²) in [4.78, 5) is 12.4. The largest absolute Gasteiger partial charge is 0.495 e. The van der Waals surface area contributed by atoms with Crippen molar-refractivity contribution in [3.63, 3.8) is 0 Å². The maximum absolute atomic E-state index is 12.4. The minimum absolute atomic E-state index is 0.272. The van der Waals surface area contributed by atoms with Crippen LogP contribution in [-0.2, 0) is 4.79 Å². The summed E-state index contributed by atoms with van der Waals surface area (Å²) < 4.78 is 11.0. The zero-order valence-electron chi connectivity index (χ0n) is 13.6. The second-order valence-electron chi connectivity index (χ2n) is 5.29. The van der Waals surface area contributed by atoms with Crippen LogP contribution in [-0.4, -0.2) is 19.1 Å². The first-order valence-corrected chi connectivity index (χ1v) is 7.67. The number of halogens is 1. The second kappa shape index (κ2) is 7.38. The van der Waals surface area contributed by atoms with E-state index in [0.717, 1.165) is 11.1 Å². The molecule has 5 heteroatoms. The molecular weight excluding hydrogens is 314 g/mol. The Bertz CT molecular complexity index is 715. The Balaban J connectivity index is 2.11. The number of benzene rings is 2. The Morgan fingerprint density at radius 2 is 1.91 bits per heavy atom. The van der Waals surface area contributed by atoms with Gasteiger partial charge < -0.3 is 14.8 Å². The van der Waals surface area contributed by atoms with E-state index in [1.54, 1.807) is 25.1 Å². The van der Waals surface area contributed by atoms with Crippen molar-refractivity contribution in [2.24, 2.45) is 0 Å². The summed E-state index contributed by atoms with van der Waals surface area (Å²) >= 11 is 5.97. The Hall–Kier alpha value is -2.20. The van der Waals surface area contributed by atoms with Gasteiger partial charge >= 0.3 is 0 Å². The van der Waals surface area contributed by atoms with Crippen molar-refractivity contribution in [3.05, 3.63) is 52.5 Å². The van der Waals surface area contributed by atoms with Crippen LogP contribution in [0, 0.1) is 13.8 Å². The van der Waals surface area contributed by atoms with Crippen LogP contribution >= 0.6 is 11.6 Å². The first kappa shape index (κ1) is 17.2. The minimum Gasteiger partial charge on any atom is -0.495 e. The third-order valence-electron chi connectivity index (χ3n) is 3.65. The van der Waals surface area contributed by atoms with Crippen LogP contribution in [0.2, 0.25) is 5.02 Å². The molecule has 1 N–H and O–H groups in total. The molecule has 122 valence electrons. The van der Waals surface area contributed by atoms with Gasteiger partial charge in [0.05, 0.1) is 12.8 Å². The van der Waals surface area contributed by atoms with Gasteiger partial charge in [-0.25, -0.2) is 0 Å². The van der Waals surface area contributed by atoms with Gasteiger partial charge in [-0.3, -0.25) is 4.79 Å². The summed E-state index contributed by atoms with van der Waals surface area (Å²) in [6.45, 7) is 5.67. The summed E-state index contributed by atoms with van der Waals surface area (Å²) in [5.41, 5.74) is 2.65. The zero-order valence-corrected chi connectivity index (χ0v) is 14.4. The average molecular weight is 334 g/mol. The van der Waals surface area contributed by atoms with E-state index < -0.39 is 6.10 Å². The summed E-state index contributed by atoms with van der Waals surface area (Å²) in [5, 5.41) is 3.30. The molecule has 1 atom stereocenters. The molecule has 2 aromatic carbocycles. The molecule has 0 aromatic heterocycles. The predicted octanol–water partition coefficient (Wildman–Crippen LogP) is 4.37. The van der Waals surface area contributed by atoms with E-state index in [9.17, 15) is 4.79 Å². The monoisotopic (exact) mass is 333 g/mol. The third-order valence-corrected chi connectivity index (χ3v) is 3.88. The lowest BCUT2D eigenvalue weighted by Crippen LogP contribution is -2.30. The molecule has 0 bridgehead atoms. The van der Waals surface area contributed by atoms with E-state index in [4.69, 9.17) is 21.1 Å². The topological polar surface area (TPSA) is 47.6 Å². The van der Waals surface area contributed by atoms with Crippen LogP contribution in [0.25, 0.3) is 0 Å². The highest BCUT2D eigenvalue weighted by Gasteiger charge is 2.18. The lowest BCUT2D eigenvalue weighted by Gasteiger charge is -2.18. The van der Waals surface area contributed by atoms with Crippen molar-refractivity contribution < 1.29 is 14.3 Å². The highest BCUT2D eigenvalue weighted by molar-refractivity contribution is 6.31. The molecule has 1 amide bonds. The van der Waals surface area contributed by atoms with Crippen LogP contribution in [0.3, 0.4) is 0 Å². The molecule has 0 saturated carbocycles. The summed E-state index contributed by atoms with van der Waals surface area (Å²) in [7, 11) is 1.54. The number of aryl methyl sites for hydroxylation is 1. The van der Waals surface area contributed by atoms with Crippen LogP contribution in [0.15, 0.2) is 36.4 Å². The smallest absolute Gasteiger partial charge is 0.265 e. The molecule has 0 aliphatic heterocycles. The quantitative estimate of drug-likeness (QED) is 0.883. The van der Waals surface area contributed by atoms with Gasteiger partial charge in [0, 0.05) is 5.02 Å². The van der Waals surface area contributed by atoms with Crippen molar-refractivity contribution in [3.8, 4) is 11.5 Å². The fourth-order valence-corrected chi connectivity index (χ4v) is 2.28. The van der Waals surface area contributed by atoms with E-state index in [-0.39, 0.29) is 5.91 Å². The van der Waals surface area contributed by atoms with Crippen molar-refractivity contribution >= 4 is 23.2 Å². The third kappa shape index (κ3) is 4.17. The van der Waals surface area contributed by atoms with Crippen LogP contribution in [0.1, 0.15) is 18.1 Å². The molecule has 0 unspecified atom stereocenters. The van der Waals surface area contributed by atoms with Crippen LogP contribution < -0.4 is 14.8 Å². The molecule has 0 radical (unpaired) electrons. The number of amides is 1. The Morgan fingerprint density at radius 1 is 1.17 bits per heavy atom. The summed E-state index contributed by atoms with van der Waals surface area (Å²) in [6, 6.07) is 10.8. The number of nitrogens with one attached hydrogen (secondary N) is 1. The van der Waals surface area contributed by atoms with Gasteiger partial charge in [-0.05, 0) is 56.2 Å². The number of methoxy groups -OCH3 is 1. The predicted molar refractivity (Wildman–Crippen MR) is 92.6 cm³/mol. The molecule has 0 saturated heterocycles. The molecule has 4 nitrogen and oxygen atoms in total. The van der Waals surface area contributed by atoms with Gasteiger partial charge in [-0.2, -0.15) is 0 Å². The number of hydrogen-bond donors (Lipinski definition) is 1. The number of carbonyl (C=O) groups excluding carboxylic acids is 1. The molecular formula is C18H20ClNO3. The van der Waals surface area contributed by atoms with Crippen molar-refractivity contribution in [1.29, 1.82) is 0 Å². The van der Waals surface area contributed by atoms with E-state index in [2.05, 4.69) is 5.32 Å². The molecule has 2 rings (SSSR count). The summed E-state index contributed by atoms with van der Waals surface area (Å²) in [5.74, 6) is 0.971. The fraction of sp³-hybridized carbons (Fsp3) is 0.278. The Kier molecular flexibility index (Phi) is 5.50. The normalized spacial score (nSPS) is 11.7. The van der Waals surface area contributed by atoms with E-state index in [0.29, 0.717) is 22.2 Å². The van der Waals surface area contributed by atoms with Gasteiger partial charge in [0.1, 0.15) is 11.5 Å². The van der Waals surface area contributed by atoms with E-state index in [1.165, 1.54) is 7.11 Å². The SMILES string of the molecule is COc1ccc(Cl)cc1NC(=O)[C@H](C)Oc1cccc(C)c1C. The molecule has 0 aliphatic rings. The van der Waals surface area contributed by atoms with Crippen molar-refractivity contribution in [2.45, 2.75) is 26.9 Å². The van der Waals surface area contributed by atoms with Crippen molar-refractivity contribution in [2.75, 3.05) is 12.4 Å². The summed E-state index contributed by atoms with van der Waals surface area (Å²) in [6.07, 6.45) is -0.654. The van der Waals surface area contributed by atoms with E-state index in [1.807, 2.05) is 32.0 Å². The maximum Gasteiger partial charge on any atom is 0.265 e. The minimum atomic E-state index is -0.654. The maximum atomic E-state index is 12.4. The van der Waals surface area contributed by atoms with Gasteiger partial charge in [-0.1, -0.05) is 23.7 Å². The molecule has 0 spiro atoms. The number of carbonyl (C=O) groups is 1. The first-order valence-electron chi connectivity index (χ1n) is 7.29. The molecule has 2 aromatic rings. The van der Waals surface area contributed by atoms with Gasteiger partial charge in [0.25, 0.3) is 5.91 Å². The van der Waals surface area contributed by atoms with Crippen LogP contribution in [0.4, 0.5) is 5.69 Å². The Morgan fingerprint density at radius 3 is 2.61 bits per heavy atom. The lowest BCUT2D eigenvalue weighted by atomic mass is 10.1. The van der Waals surface area contributed by atoms with Crippen molar-refractivity contribution in [1.82, 2.24) is 0 Å². The standard InChI is InChI=1S/C18H20ClNO3/c1-11-6-5-7-16(12(11)2)23-13(3)18(21)20-15-10-14(19)8-9-17(15)22-4/h5-10,13H,1-4H3,(H,20,21)/t13-/m0/s1. The highest BCUT2D eigenvalue weighted by atomic mass is 35.5. The number of hydrogen-bond acceptors (Lipinski definition) is 3. The highest BCUT2D eigenvalue weighted by Crippen LogP contribution is 2.28. The number of anilines is 1. The second-order valence-corrected chi connectivity index (χ2v) is 5.73. The lowest BCUT2D eigenvalue weighted by molar-refractivity contribution is -0.122. The molecule has 0 fully saturated rings. The van der Waals surface area contributed by atoms with Crippen LogP contribution in [0.5, 0.6) is 11.5 Å². The fourth-order valence-electron chi connectivity index (χ4n) is 2.11. The molecule has 0 heterocycles. The van der Waals surface area contributed by atoms with Gasteiger partial charge in [0.15, 0.2) is 6.10 Å². The number of ether oxygens (including phenoxy) is 2. The number of rotatable bonds is 5. The Labute approximate surface area is 141 Å². The van der Waals surface area contributed by atoms with Gasteiger partial charge in [0.2, 0.25) is 0 Å². The molecule has 0 aliphatic carbocycles.